The summed E-state index contributed by atoms with van der Waals surface area (Å²) in [5.41, 5.74) is 12.8. The maximum Gasteiger partial charge on any atom is 0.253 e. The Kier molecular flexibility index (Phi) is 3.57. The fraction of sp³-hybridized carbons (Fsp3) is 0.167. The van der Waals surface area contributed by atoms with Crippen LogP contribution in [0.15, 0.2) is 40.3 Å². The summed E-state index contributed by atoms with van der Waals surface area (Å²) in [4.78, 5) is 18.0. The lowest BCUT2D eigenvalue weighted by Crippen LogP contribution is -2.09. The van der Waals surface area contributed by atoms with Crippen molar-refractivity contribution >= 4 is 23.3 Å². The van der Waals surface area contributed by atoms with Gasteiger partial charge in [-0.3, -0.25) is 4.79 Å². The zero-order valence-electron chi connectivity index (χ0n) is 9.88. The van der Waals surface area contributed by atoms with Crippen molar-refractivity contribution in [2.24, 2.45) is 0 Å². The molecule has 18 heavy (non-hydrogen) atoms. The molecule has 2 rings (SSSR count). The van der Waals surface area contributed by atoms with E-state index in [9.17, 15) is 4.79 Å². The van der Waals surface area contributed by atoms with Gasteiger partial charge in [0.05, 0.1) is 0 Å². The number of rotatable bonds is 3. The quantitative estimate of drug-likeness (QED) is 0.445. The van der Waals surface area contributed by atoms with E-state index in [-0.39, 0.29) is 16.6 Å². The normalized spacial score (nSPS) is 12.3. The van der Waals surface area contributed by atoms with Gasteiger partial charge in [-0.2, -0.15) is 0 Å². The Morgan fingerprint density at radius 2 is 2.11 bits per heavy atom. The summed E-state index contributed by atoms with van der Waals surface area (Å²) in [6.07, 6.45) is 0. The average molecular weight is 262 g/mol. The van der Waals surface area contributed by atoms with E-state index in [1.165, 1.54) is 17.8 Å². The molecular formula is C12H14N4OS. The monoisotopic (exact) mass is 262 g/mol. The van der Waals surface area contributed by atoms with Crippen molar-refractivity contribution in [2.75, 3.05) is 11.5 Å². The summed E-state index contributed by atoms with van der Waals surface area (Å²) in [6, 6.07) is 8.88. The Labute approximate surface area is 109 Å². The average Bonchev–Trinajstić information content (AvgIpc) is 2.27. The second-order valence-electron chi connectivity index (χ2n) is 3.91. The topological polar surface area (TPSA) is 97.8 Å². The zero-order valence-corrected chi connectivity index (χ0v) is 10.7. The van der Waals surface area contributed by atoms with E-state index in [4.69, 9.17) is 11.5 Å². The predicted octanol–water partition coefficient (Wildman–Crippen LogP) is 1.79. The van der Waals surface area contributed by atoms with Crippen LogP contribution in [0.2, 0.25) is 0 Å². The number of benzene rings is 1. The van der Waals surface area contributed by atoms with E-state index in [2.05, 4.69) is 9.97 Å². The Bertz CT molecular complexity index is 611. The first-order valence-corrected chi connectivity index (χ1v) is 6.31. The van der Waals surface area contributed by atoms with Crippen molar-refractivity contribution in [2.45, 2.75) is 17.3 Å². The first-order chi connectivity index (χ1) is 8.54. The van der Waals surface area contributed by atoms with Crippen molar-refractivity contribution in [3.8, 4) is 0 Å². The van der Waals surface area contributed by atoms with Gasteiger partial charge in [-0.25, -0.2) is 4.98 Å². The first kappa shape index (κ1) is 12.5. The SMILES string of the molecule is CC(Sc1nc(N)cc(=O)[nH]1)c1cccc(N)c1. The van der Waals surface area contributed by atoms with Crippen molar-refractivity contribution in [1.29, 1.82) is 0 Å². The third kappa shape index (κ3) is 3.04. The van der Waals surface area contributed by atoms with Crippen LogP contribution in [0.3, 0.4) is 0 Å². The van der Waals surface area contributed by atoms with Crippen molar-refractivity contribution in [1.82, 2.24) is 9.97 Å². The van der Waals surface area contributed by atoms with E-state index in [0.29, 0.717) is 10.8 Å². The molecule has 5 nitrogen and oxygen atoms in total. The number of thioether (sulfide) groups is 1. The smallest absolute Gasteiger partial charge is 0.253 e. The van der Waals surface area contributed by atoms with Crippen molar-refractivity contribution in [3.63, 3.8) is 0 Å². The molecule has 1 unspecified atom stereocenters. The van der Waals surface area contributed by atoms with Gasteiger partial charge < -0.3 is 16.5 Å². The van der Waals surface area contributed by atoms with Gasteiger partial charge in [-0.05, 0) is 24.6 Å². The van der Waals surface area contributed by atoms with E-state index >= 15 is 0 Å². The minimum atomic E-state index is -0.246. The molecule has 0 spiro atoms. The Morgan fingerprint density at radius 1 is 1.33 bits per heavy atom. The lowest BCUT2D eigenvalue weighted by molar-refractivity contribution is 0.933. The molecule has 0 aliphatic heterocycles. The fourth-order valence-electron chi connectivity index (χ4n) is 1.56. The molecule has 5 N–H and O–H groups in total. The van der Waals surface area contributed by atoms with Crippen LogP contribution in [0.5, 0.6) is 0 Å². The molecule has 0 fully saturated rings. The van der Waals surface area contributed by atoms with Gasteiger partial charge in [-0.1, -0.05) is 23.9 Å². The Hall–Kier alpha value is -1.95. The molecule has 1 atom stereocenters. The van der Waals surface area contributed by atoms with Gasteiger partial charge in [0.25, 0.3) is 5.56 Å². The molecule has 0 saturated heterocycles. The lowest BCUT2D eigenvalue weighted by Gasteiger charge is -2.11. The molecule has 1 heterocycles. The minimum absolute atomic E-state index is 0.124. The summed E-state index contributed by atoms with van der Waals surface area (Å²) in [5, 5.41) is 0.633. The third-order valence-corrected chi connectivity index (χ3v) is 3.45. The number of hydrogen-bond acceptors (Lipinski definition) is 5. The second kappa shape index (κ2) is 5.14. The maximum absolute atomic E-state index is 11.3. The summed E-state index contributed by atoms with van der Waals surface area (Å²) in [5.74, 6) is 0.223. The standard InChI is InChI=1S/C12H14N4OS/c1-7(8-3-2-4-9(13)5-8)18-12-15-10(14)6-11(17)16-12/h2-7H,13H2,1H3,(H3,14,15,16,17). The highest BCUT2D eigenvalue weighted by atomic mass is 32.2. The first-order valence-electron chi connectivity index (χ1n) is 5.43. The van der Waals surface area contributed by atoms with E-state index in [1.54, 1.807) is 0 Å². The van der Waals surface area contributed by atoms with E-state index in [0.717, 1.165) is 5.56 Å². The minimum Gasteiger partial charge on any atom is -0.399 e. The number of aromatic amines is 1. The number of H-pyrrole nitrogens is 1. The summed E-state index contributed by atoms with van der Waals surface area (Å²) < 4.78 is 0. The molecule has 0 bridgehead atoms. The number of nitrogen functional groups attached to an aromatic ring is 2. The highest BCUT2D eigenvalue weighted by molar-refractivity contribution is 7.99. The van der Waals surface area contributed by atoms with E-state index < -0.39 is 0 Å². The molecule has 1 aromatic heterocycles. The lowest BCUT2D eigenvalue weighted by atomic mass is 10.1. The molecule has 1 aromatic carbocycles. The van der Waals surface area contributed by atoms with Crippen LogP contribution in [0.25, 0.3) is 0 Å². The number of nitrogens with two attached hydrogens (primary N) is 2. The third-order valence-electron chi connectivity index (χ3n) is 2.41. The fourth-order valence-corrected chi connectivity index (χ4v) is 2.49. The molecule has 0 amide bonds. The predicted molar refractivity (Wildman–Crippen MR) is 74.4 cm³/mol. The number of hydrogen-bond donors (Lipinski definition) is 3. The molecule has 2 aromatic rings. The van der Waals surface area contributed by atoms with Crippen LogP contribution in [-0.4, -0.2) is 9.97 Å². The van der Waals surface area contributed by atoms with Gasteiger partial charge in [0.1, 0.15) is 5.82 Å². The number of nitrogens with zero attached hydrogens (tertiary/aromatic N) is 1. The van der Waals surface area contributed by atoms with Crippen LogP contribution < -0.4 is 17.0 Å². The largest absolute Gasteiger partial charge is 0.399 e. The van der Waals surface area contributed by atoms with Gasteiger partial charge >= 0.3 is 0 Å². The molecule has 0 aliphatic carbocycles. The highest BCUT2D eigenvalue weighted by Crippen LogP contribution is 2.32. The Morgan fingerprint density at radius 3 is 2.78 bits per heavy atom. The molecule has 0 saturated carbocycles. The number of nitrogens with one attached hydrogen (secondary N) is 1. The van der Waals surface area contributed by atoms with Crippen LogP contribution in [0.4, 0.5) is 11.5 Å². The number of aromatic nitrogens is 2. The molecule has 0 aliphatic rings. The van der Waals surface area contributed by atoms with Gasteiger partial charge in [0.15, 0.2) is 5.16 Å². The molecule has 6 heteroatoms. The van der Waals surface area contributed by atoms with Crippen LogP contribution >= 0.6 is 11.8 Å². The van der Waals surface area contributed by atoms with Gasteiger partial charge in [0, 0.05) is 17.0 Å². The summed E-state index contributed by atoms with van der Waals surface area (Å²) in [6.45, 7) is 2.02. The van der Waals surface area contributed by atoms with Crippen LogP contribution in [0.1, 0.15) is 17.7 Å². The summed E-state index contributed by atoms with van der Waals surface area (Å²) in [7, 11) is 0. The van der Waals surface area contributed by atoms with Crippen LogP contribution in [0, 0.1) is 0 Å². The van der Waals surface area contributed by atoms with Gasteiger partial charge in [-0.15, -0.1) is 0 Å². The molecule has 94 valence electrons. The molecule has 0 radical (unpaired) electrons. The number of anilines is 2. The Balaban J connectivity index is 2.21. The zero-order chi connectivity index (χ0) is 13.1. The van der Waals surface area contributed by atoms with E-state index in [1.807, 2.05) is 31.2 Å². The summed E-state index contributed by atoms with van der Waals surface area (Å²) >= 11 is 1.43. The van der Waals surface area contributed by atoms with Gasteiger partial charge in [0.2, 0.25) is 0 Å². The van der Waals surface area contributed by atoms with Crippen molar-refractivity contribution in [3.05, 3.63) is 46.2 Å². The second-order valence-corrected chi connectivity index (χ2v) is 5.24. The highest BCUT2D eigenvalue weighted by Gasteiger charge is 2.10. The van der Waals surface area contributed by atoms with Crippen molar-refractivity contribution < 1.29 is 0 Å². The maximum atomic E-state index is 11.3. The molecular weight excluding hydrogens is 248 g/mol. The van der Waals surface area contributed by atoms with Crippen LogP contribution in [-0.2, 0) is 0 Å².